The topological polar surface area (TPSA) is 58.2 Å². The second kappa shape index (κ2) is 5.05. The molecule has 1 amide bonds. The minimum atomic E-state index is -0.522. The van der Waals surface area contributed by atoms with E-state index in [1.807, 2.05) is 0 Å². The Kier molecular flexibility index (Phi) is 4.66. The number of hydrogen-bond donors (Lipinski definition) is 1. The van der Waals surface area contributed by atoms with Crippen molar-refractivity contribution in [3.63, 3.8) is 0 Å². The van der Waals surface area contributed by atoms with Gasteiger partial charge >= 0.3 is 6.09 Å². The number of rotatable bonds is 3. The van der Waals surface area contributed by atoms with Crippen LogP contribution in [0.2, 0.25) is 0 Å². The zero-order chi connectivity index (χ0) is 7.98. The van der Waals surface area contributed by atoms with Crippen LogP contribution in [0.15, 0.2) is 0 Å². The van der Waals surface area contributed by atoms with E-state index < -0.39 is 6.09 Å². The van der Waals surface area contributed by atoms with Crippen molar-refractivity contribution >= 4 is 6.09 Å². The van der Waals surface area contributed by atoms with Crippen LogP contribution in [-0.2, 0) is 9.84 Å². The van der Waals surface area contributed by atoms with Crippen LogP contribution in [0.1, 0.15) is 13.8 Å². The van der Waals surface area contributed by atoms with Crippen LogP contribution in [0.5, 0.6) is 0 Å². The van der Waals surface area contributed by atoms with E-state index in [-0.39, 0.29) is 19.3 Å². The summed E-state index contributed by atoms with van der Waals surface area (Å²) in [6.07, 6.45) is -0.655. The van der Waals surface area contributed by atoms with E-state index in [2.05, 4.69) is 10.1 Å². The maximum absolute atomic E-state index is 10.5. The Bertz CT molecular complexity index is 103. The Morgan fingerprint density at radius 3 is 2.60 bits per heavy atom. The van der Waals surface area contributed by atoms with Crippen LogP contribution in [0.4, 0.5) is 4.79 Å². The molecule has 4 nitrogen and oxygen atoms in total. The highest BCUT2D eigenvalue weighted by Gasteiger charge is 2.01. The lowest BCUT2D eigenvalue weighted by Gasteiger charge is -2.07. The third kappa shape index (κ3) is 5.37. The number of carbonyl (C=O) groups is 1. The summed E-state index contributed by atoms with van der Waals surface area (Å²) in [5, 5.41) is 12.1. The average molecular weight is 146 g/mol. The van der Waals surface area contributed by atoms with E-state index in [1.165, 1.54) is 0 Å². The molecule has 0 saturated carbocycles. The van der Waals surface area contributed by atoms with Gasteiger partial charge in [0.2, 0.25) is 0 Å². The summed E-state index contributed by atoms with van der Waals surface area (Å²) in [6.45, 7) is 3.31. The molecule has 0 aromatic heterocycles. The van der Waals surface area contributed by atoms with Crippen molar-refractivity contribution in [3.8, 4) is 0 Å². The number of hydrogen-bond acceptors (Lipinski definition) is 2. The molecule has 0 rings (SSSR count). The predicted octanol–water partition coefficient (Wildman–Crippen LogP) is 0.551. The molecule has 0 aliphatic heterocycles. The van der Waals surface area contributed by atoms with E-state index >= 15 is 0 Å². The standard InChI is InChI=1S/C6H12NO3/c1-5(2)10-6(9)7-3-4-8/h5H,3-4H2,1-2H3,(H,7,9). The lowest BCUT2D eigenvalue weighted by atomic mass is 10.5. The van der Waals surface area contributed by atoms with Gasteiger partial charge in [-0.2, -0.15) is 0 Å². The molecule has 4 heteroatoms. The highest BCUT2D eigenvalue weighted by molar-refractivity contribution is 5.67. The highest BCUT2D eigenvalue weighted by Crippen LogP contribution is 1.86. The van der Waals surface area contributed by atoms with Gasteiger partial charge in [0.15, 0.2) is 0 Å². The van der Waals surface area contributed by atoms with Gasteiger partial charge in [0.25, 0.3) is 0 Å². The maximum atomic E-state index is 10.5. The smallest absolute Gasteiger partial charge is 0.407 e. The summed E-state index contributed by atoms with van der Waals surface area (Å²) in [7, 11) is 0. The maximum Gasteiger partial charge on any atom is 0.407 e. The van der Waals surface area contributed by atoms with E-state index in [4.69, 9.17) is 0 Å². The summed E-state index contributed by atoms with van der Waals surface area (Å²) in [4.78, 5) is 10.5. The molecule has 0 aromatic carbocycles. The first-order chi connectivity index (χ1) is 4.66. The molecule has 0 fully saturated rings. The van der Waals surface area contributed by atoms with Crippen molar-refractivity contribution in [2.24, 2.45) is 0 Å². The first kappa shape index (κ1) is 9.23. The third-order valence-electron chi connectivity index (χ3n) is 0.714. The van der Waals surface area contributed by atoms with Crippen LogP contribution in [0.25, 0.3) is 0 Å². The number of amides is 1. The van der Waals surface area contributed by atoms with E-state index in [9.17, 15) is 9.90 Å². The second-order valence-electron chi connectivity index (χ2n) is 2.08. The summed E-state index contributed by atoms with van der Waals surface area (Å²) >= 11 is 0. The molecule has 1 radical (unpaired) electrons. The van der Waals surface area contributed by atoms with Crippen molar-refractivity contribution in [3.05, 3.63) is 0 Å². The van der Waals surface area contributed by atoms with Gasteiger partial charge in [-0.25, -0.2) is 9.90 Å². The largest absolute Gasteiger partial charge is 0.447 e. The molecule has 0 spiro atoms. The molecule has 0 atom stereocenters. The minimum absolute atomic E-state index is 0.131. The van der Waals surface area contributed by atoms with E-state index in [0.29, 0.717) is 0 Å². The molecule has 0 aromatic rings. The SMILES string of the molecule is CC(C)OC(=O)NCC[O]. The van der Waals surface area contributed by atoms with Gasteiger partial charge in [0.05, 0.1) is 12.7 Å². The van der Waals surface area contributed by atoms with Gasteiger partial charge in [-0.3, -0.25) is 0 Å². The Morgan fingerprint density at radius 2 is 2.20 bits per heavy atom. The van der Waals surface area contributed by atoms with Crippen LogP contribution in [-0.4, -0.2) is 25.3 Å². The first-order valence-electron chi connectivity index (χ1n) is 3.19. The number of nitrogens with one attached hydrogen (secondary N) is 1. The highest BCUT2D eigenvalue weighted by atomic mass is 16.6. The lowest BCUT2D eigenvalue weighted by molar-refractivity contribution is 0.110. The molecule has 10 heavy (non-hydrogen) atoms. The monoisotopic (exact) mass is 146 g/mol. The van der Waals surface area contributed by atoms with Crippen LogP contribution < -0.4 is 5.32 Å². The molecule has 0 aliphatic rings. The van der Waals surface area contributed by atoms with Crippen LogP contribution in [0, 0.1) is 0 Å². The number of carbonyl (C=O) groups excluding carboxylic acids is 1. The zero-order valence-corrected chi connectivity index (χ0v) is 6.22. The lowest BCUT2D eigenvalue weighted by Crippen LogP contribution is -2.28. The quantitative estimate of drug-likeness (QED) is 0.632. The zero-order valence-electron chi connectivity index (χ0n) is 6.22. The van der Waals surface area contributed by atoms with Gasteiger partial charge in [0.1, 0.15) is 0 Å². The van der Waals surface area contributed by atoms with Crippen LogP contribution >= 0.6 is 0 Å². The number of ether oxygens (including phenoxy) is 1. The van der Waals surface area contributed by atoms with Crippen LogP contribution in [0.3, 0.4) is 0 Å². The molecule has 0 aliphatic carbocycles. The van der Waals surface area contributed by atoms with Crippen molar-refractivity contribution in [1.29, 1.82) is 0 Å². The van der Waals surface area contributed by atoms with Crippen molar-refractivity contribution < 1.29 is 14.6 Å². The average Bonchev–Trinajstić information content (AvgIpc) is 1.82. The third-order valence-corrected chi connectivity index (χ3v) is 0.714. The first-order valence-corrected chi connectivity index (χ1v) is 3.19. The molecule has 0 saturated heterocycles. The second-order valence-corrected chi connectivity index (χ2v) is 2.08. The Labute approximate surface area is 60.2 Å². The fourth-order valence-corrected chi connectivity index (χ4v) is 0.409. The minimum Gasteiger partial charge on any atom is -0.447 e. The van der Waals surface area contributed by atoms with Gasteiger partial charge < -0.3 is 10.1 Å². The summed E-state index contributed by atoms with van der Waals surface area (Å²) in [5.41, 5.74) is 0. The normalized spacial score (nSPS) is 9.60. The van der Waals surface area contributed by atoms with Crippen molar-refractivity contribution in [1.82, 2.24) is 5.32 Å². The summed E-state index contributed by atoms with van der Waals surface area (Å²) in [5.74, 6) is 0. The molecular weight excluding hydrogens is 134 g/mol. The number of alkyl carbamates (subject to hydrolysis) is 1. The molecule has 0 heterocycles. The summed E-state index contributed by atoms with van der Waals surface area (Å²) < 4.78 is 4.66. The molecule has 0 bridgehead atoms. The van der Waals surface area contributed by atoms with Gasteiger partial charge in [-0.05, 0) is 13.8 Å². The Balaban J connectivity index is 3.26. The Morgan fingerprint density at radius 1 is 1.60 bits per heavy atom. The summed E-state index contributed by atoms with van der Waals surface area (Å²) in [6, 6.07) is 0. The molecule has 0 unspecified atom stereocenters. The molecular formula is C6H12NO3. The molecule has 1 N–H and O–H groups in total. The van der Waals surface area contributed by atoms with E-state index in [0.717, 1.165) is 0 Å². The van der Waals surface area contributed by atoms with E-state index in [1.54, 1.807) is 13.8 Å². The van der Waals surface area contributed by atoms with Gasteiger partial charge in [0, 0.05) is 6.54 Å². The predicted molar refractivity (Wildman–Crippen MR) is 35.2 cm³/mol. The van der Waals surface area contributed by atoms with Crippen molar-refractivity contribution in [2.75, 3.05) is 13.2 Å². The Hall–Kier alpha value is -0.770. The van der Waals surface area contributed by atoms with Gasteiger partial charge in [-0.15, -0.1) is 0 Å². The molecule has 59 valence electrons. The van der Waals surface area contributed by atoms with Crippen molar-refractivity contribution in [2.45, 2.75) is 20.0 Å². The fraction of sp³-hybridized carbons (Fsp3) is 0.833. The van der Waals surface area contributed by atoms with Gasteiger partial charge in [-0.1, -0.05) is 0 Å². The fourth-order valence-electron chi connectivity index (χ4n) is 0.409.